The number of rotatable bonds is 2. The highest BCUT2D eigenvalue weighted by Gasteiger charge is 2.26. The molecule has 2 amide bonds. The van der Waals surface area contributed by atoms with Crippen molar-refractivity contribution in [2.45, 2.75) is 0 Å². The summed E-state index contributed by atoms with van der Waals surface area (Å²) in [5.74, 6) is -0.878. The predicted octanol–water partition coefficient (Wildman–Crippen LogP) is 2.53. The molecule has 0 atom stereocenters. The van der Waals surface area contributed by atoms with Crippen molar-refractivity contribution < 1.29 is 14.0 Å². The van der Waals surface area contributed by atoms with Crippen molar-refractivity contribution in [2.75, 3.05) is 26.2 Å². The average Bonchev–Trinajstić information content (AvgIpc) is 2.88. The minimum atomic E-state index is -0.589. The summed E-state index contributed by atoms with van der Waals surface area (Å²) in [5, 5.41) is 0.309. The second-order valence-corrected chi connectivity index (χ2v) is 5.79. The predicted molar refractivity (Wildman–Crippen MR) is 81.8 cm³/mol. The first-order chi connectivity index (χ1) is 10.5. The summed E-state index contributed by atoms with van der Waals surface area (Å²) in [4.78, 5) is 29.3. The quantitative estimate of drug-likeness (QED) is 0.852. The standard InChI is InChI=1S/C14H12Cl2FN3O2/c15-11-8(17)1-2-9-10(11)12(16)13(18-9)14(22)20-5-3-19(7-21)4-6-20/h1-2,7,18H,3-6H2. The maximum Gasteiger partial charge on any atom is 0.271 e. The number of hydrogen-bond acceptors (Lipinski definition) is 2. The average molecular weight is 344 g/mol. The molecule has 3 rings (SSSR count). The van der Waals surface area contributed by atoms with Crippen LogP contribution in [0.2, 0.25) is 10.0 Å². The number of benzene rings is 1. The van der Waals surface area contributed by atoms with Crippen molar-refractivity contribution in [3.63, 3.8) is 0 Å². The van der Waals surface area contributed by atoms with E-state index < -0.39 is 5.82 Å². The van der Waals surface area contributed by atoms with Crippen LogP contribution in [0.1, 0.15) is 10.5 Å². The van der Waals surface area contributed by atoms with Gasteiger partial charge in [0.15, 0.2) is 0 Å². The molecule has 0 spiro atoms. The highest BCUT2D eigenvalue weighted by molar-refractivity contribution is 6.44. The summed E-state index contributed by atoms with van der Waals surface area (Å²) in [5.41, 5.74) is 0.690. The van der Waals surface area contributed by atoms with Gasteiger partial charge in [-0.2, -0.15) is 0 Å². The summed E-state index contributed by atoms with van der Waals surface area (Å²) >= 11 is 12.1. The van der Waals surface area contributed by atoms with Gasteiger partial charge >= 0.3 is 0 Å². The maximum absolute atomic E-state index is 13.5. The number of carbonyl (C=O) groups is 2. The van der Waals surface area contributed by atoms with Crippen LogP contribution in [0.3, 0.4) is 0 Å². The van der Waals surface area contributed by atoms with E-state index in [1.807, 2.05) is 0 Å². The number of aromatic amines is 1. The molecule has 5 nitrogen and oxygen atoms in total. The number of aromatic nitrogens is 1. The number of nitrogens with zero attached hydrogens (tertiary/aromatic N) is 2. The molecular formula is C14H12Cl2FN3O2. The Bertz CT molecular complexity index is 754. The summed E-state index contributed by atoms with van der Waals surface area (Å²) in [6, 6.07) is 2.71. The van der Waals surface area contributed by atoms with Gasteiger partial charge in [-0.3, -0.25) is 9.59 Å². The monoisotopic (exact) mass is 343 g/mol. The third-order valence-electron chi connectivity index (χ3n) is 3.76. The number of H-pyrrole nitrogens is 1. The van der Waals surface area contributed by atoms with Gasteiger partial charge in [-0.05, 0) is 12.1 Å². The van der Waals surface area contributed by atoms with Gasteiger partial charge in [0.1, 0.15) is 11.5 Å². The molecule has 1 aromatic heterocycles. The fourth-order valence-electron chi connectivity index (χ4n) is 2.52. The molecular weight excluding hydrogens is 332 g/mol. The van der Waals surface area contributed by atoms with Crippen LogP contribution in [-0.2, 0) is 4.79 Å². The van der Waals surface area contributed by atoms with Gasteiger partial charge in [0.05, 0.1) is 10.0 Å². The number of piperazine rings is 1. The van der Waals surface area contributed by atoms with Gasteiger partial charge in [-0.1, -0.05) is 23.2 Å². The zero-order valence-corrected chi connectivity index (χ0v) is 12.9. The fourth-order valence-corrected chi connectivity index (χ4v) is 3.15. The number of nitrogens with one attached hydrogen (secondary N) is 1. The third-order valence-corrected chi connectivity index (χ3v) is 4.51. The molecule has 2 heterocycles. The number of halogens is 3. The van der Waals surface area contributed by atoms with Crippen molar-refractivity contribution in [1.29, 1.82) is 0 Å². The van der Waals surface area contributed by atoms with Gasteiger partial charge in [0.2, 0.25) is 6.41 Å². The lowest BCUT2D eigenvalue weighted by atomic mass is 10.2. The Balaban J connectivity index is 1.93. The van der Waals surface area contributed by atoms with E-state index in [1.54, 1.807) is 9.80 Å². The van der Waals surface area contributed by atoms with Crippen molar-refractivity contribution in [3.05, 3.63) is 33.7 Å². The highest BCUT2D eigenvalue weighted by Crippen LogP contribution is 2.35. The number of amides is 2. The van der Waals surface area contributed by atoms with Crippen LogP contribution in [0.25, 0.3) is 10.9 Å². The van der Waals surface area contributed by atoms with E-state index in [0.717, 1.165) is 6.41 Å². The second-order valence-electron chi connectivity index (χ2n) is 5.03. The first kappa shape index (κ1) is 15.1. The van der Waals surface area contributed by atoms with Gasteiger partial charge in [0.25, 0.3) is 5.91 Å². The first-order valence-corrected chi connectivity index (χ1v) is 7.42. The summed E-state index contributed by atoms with van der Waals surface area (Å²) in [6.45, 7) is 1.79. The van der Waals surface area contributed by atoms with E-state index in [2.05, 4.69) is 4.98 Å². The molecule has 1 aliphatic heterocycles. The van der Waals surface area contributed by atoms with E-state index in [-0.39, 0.29) is 21.6 Å². The van der Waals surface area contributed by atoms with Crippen LogP contribution in [-0.4, -0.2) is 53.3 Å². The van der Waals surface area contributed by atoms with Crippen molar-refractivity contribution >= 4 is 46.4 Å². The Kier molecular flexibility index (Phi) is 3.97. The Labute approximate surface area is 135 Å². The lowest BCUT2D eigenvalue weighted by Gasteiger charge is -2.32. The zero-order valence-electron chi connectivity index (χ0n) is 11.4. The molecule has 1 fully saturated rings. The summed E-state index contributed by atoms with van der Waals surface area (Å²) in [7, 11) is 0. The molecule has 1 aliphatic rings. The van der Waals surface area contributed by atoms with Crippen LogP contribution >= 0.6 is 23.2 Å². The minimum absolute atomic E-state index is 0.108. The van der Waals surface area contributed by atoms with Gasteiger partial charge in [-0.15, -0.1) is 0 Å². The second kappa shape index (κ2) is 5.78. The van der Waals surface area contributed by atoms with Gasteiger partial charge in [-0.25, -0.2) is 4.39 Å². The lowest BCUT2D eigenvalue weighted by molar-refractivity contribution is -0.119. The van der Waals surface area contributed by atoms with E-state index in [0.29, 0.717) is 37.1 Å². The summed E-state index contributed by atoms with van der Waals surface area (Å²) in [6.07, 6.45) is 0.764. The molecule has 8 heteroatoms. The van der Waals surface area contributed by atoms with Crippen molar-refractivity contribution in [3.8, 4) is 0 Å². The number of fused-ring (bicyclic) bond motifs is 1. The molecule has 0 saturated carbocycles. The van der Waals surface area contributed by atoms with Crippen LogP contribution in [0, 0.1) is 5.82 Å². The molecule has 0 aliphatic carbocycles. The number of carbonyl (C=O) groups excluding carboxylic acids is 2. The normalized spacial score (nSPS) is 15.4. The van der Waals surface area contributed by atoms with Gasteiger partial charge < -0.3 is 14.8 Å². The smallest absolute Gasteiger partial charge is 0.271 e. The molecule has 1 saturated heterocycles. The summed E-state index contributed by atoms with van der Waals surface area (Å²) < 4.78 is 13.5. The molecule has 2 aromatic rings. The first-order valence-electron chi connectivity index (χ1n) is 6.66. The fraction of sp³-hybridized carbons (Fsp3) is 0.286. The van der Waals surface area contributed by atoms with Crippen LogP contribution < -0.4 is 0 Å². The Morgan fingerprint density at radius 2 is 1.86 bits per heavy atom. The maximum atomic E-state index is 13.5. The van der Waals surface area contributed by atoms with E-state index in [9.17, 15) is 14.0 Å². The van der Waals surface area contributed by atoms with E-state index >= 15 is 0 Å². The molecule has 0 unspecified atom stereocenters. The Hall–Kier alpha value is -1.79. The molecule has 116 valence electrons. The Morgan fingerprint density at radius 1 is 1.18 bits per heavy atom. The van der Waals surface area contributed by atoms with Crippen LogP contribution in [0.5, 0.6) is 0 Å². The molecule has 0 radical (unpaired) electrons. The van der Waals surface area contributed by atoms with Crippen molar-refractivity contribution in [1.82, 2.24) is 14.8 Å². The Morgan fingerprint density at radius 3 is 2.50 bits per heavy atom. The molecule has 0 bridgehead atoms. The molecule has 1 N–H and O–H groups in total. The lowest BCUT2D eigenvalue weighted by Crippen LogP contribution is -2.48. The van der Waals surface area contributed by atoms with Crippen LogP contribution in [0.4, 0.5) is 4.39 Å². The molecule has 1 aromatic carbocycles. The molecule has 22 heavy (non-hydrogen) atoms. The van der Waals surface area contributed by atoms with Gasteiger partial charge in [0, 0.05) is 37.1 Å². The number of hydrogen-bond donors (Lipinski definition) is 1. The van der Waals surface area contributed by atoms with Crippen LogP contribution in [0.15, 0.2) is 12.1 Å². The third kappa shape index (κ3) is 2.42. The highest BCUT2D eigenvalue weighted by atomic mass is 35.5. The largest absolute Gasteiger partial charge is 0.349 e. The minimum Gasteiger partial charge on any atom is -0.349 e. The van der Waals surface area contributed by atoms with E-state index in [4.69, 9.17) is 23.2 Å². The van der Waals surface area contributed by atoms with E-state index in [1.165, 1.54) is 12.1 Å². The SMILES string of the molecule is O=CN1CCN(C(=O)c2[nH]c3ccc(F)c(Cl)c3c2Cl)CC1. The van der Waals surface area contributed by atoms with Crippen molar-refractivity contribution in [2.24, 2.45) is 0 Å². The zero-order chi connectivity index (χ0) is 15.9. The topological polar surface area (TPSA) is 56.4 Å².